The van der Waals surface area contributed by atoms with Crippen LogP contribution in [0.15, 0.2) is 206 Å². The van der Waals surface area contributed by atoms with Crippen LogP contribution in [0, 0.1) is 20.8 Å². The molecule has 9 aromatic carbocycles. The van der Waals surface area contributed by atoms with Crippen molar-refractivity contribution in [3.8, 4) is 22.6 Å². The molecule has 62 heavy (non-hydrogen) atoms. The molecule has 0 atom stereocenters. The minimum atomic E-state index is -2.81. The van der Waals surface area contributed by atoms with Crippen LogP contribution in [0.1, 0.15) is 16.7 Å². The third kappa shape index (κ3) is 5.31. The molecule has 0 unspecified atom stereocenters. The van der Waals surface area contributed by atoms with E-state index in [-0.39, 0.29) is 6.71 Å². The predicted molar refractivity (Wildman–Crippen MR) is 264 cm³/mol. The summed E-state index contributed by atoms with van der Waals surface area (Å²) >= 11 is 0. The maximum atomic E-state index is 7.10. The van der Waals surface area contributed by atoms with E-state index >= 15 is 0 Å². The maximum absolute atomic E-state index is 7.10. The van der Waals surface area contributed by atoms with Crippen molar-refractivity contribution in [2.45, 2.75) is 20.8 Å². The van der Waals surface area contributed by atoms with Crippen LogP contribution in [0.4, 0.5) is 34.1 Å². The summed E-state index contributed by atoms with van der Waals surface area (Å²) in [6.07, 6.45) is 0. The maximum Gasteiger partial charge on any atom is 0.256 e. The number of benzene rings is 9. The van der Waals surface area contributed by atoms with Gasteiger partial charge in [0.2, 0.25) is 0 Å². The summed E-state index contributed by atoms with van der Waals surface area (Å²) in [7, 11) is -2.81. The molecule has 3 heterocycles. The molecule has 0 saturated carbocycles. The zero-order valence-electron chi connectivity index (χ0n) is 35.0. The van der Waals surface area contributed by atoms with Gasteiger partial charge in [-0.3, -0.25) is 0 Å². The van der Waals surface area contributed by atoms with E-state index in [0.717, 1.165) is 28.6 Å². The van der Waals surface area contributed by atoms with E-state index in [9.17, 15) is 0 Å². The largest absolute Gasteiger partial charge is 0.458 e. The number of hydrogen-bond acceptors (Lipinski definition) is 3. The van der Waals surface area contributed by atoms with E-state index in [0.29, 0.717) is 0 Å². The van der Waals surface area contributed by atoms with Crippen molar-refractivity contribution in [2.75, 3.05) is 9.80 Å². The molecule has 12 rings (SSSR count). The second-order valence-electron chi connectivity index (χ2n) is 17.0. The first-order valence-corrected chi connectivity index (χ1v) is 23.6. The van der Waals surface area contributed by atoms with Crippen molar-refractivity contribution in [2.24, 2.45) is 0 Å². The van der Waals surface area contributed by atoms with Gasteiger partial charge in [-0.15, -0.1) is 0 Å². The highest BCUT2D eigenvalue weighted by Crippen LogP contribution is 2.46. The normalized spacial score (nSPS) is 13.6. The lowest BCUT2D eigenvalue weighted by molar-refractivity contribution is 0.487. The van der Waals surface area contributed by atoms with Crippen LogP contribution in [0.3, 0.4) is 0 Å². The van der Waals surface area contributed by atoms with Crippen molar-refractivity contribution in [3.05, 3.63) is 223 Å². The van der Waals surface area contributed by atoms with Gasteiger partial charge in [-0.2, -0.15) is 0 Å². The Bertz CT molecular complexity index is 3110. The van der Waals surface area contributed by atoms with Gasteiger partial charge in [0, 0.05) is 28.4 Å². The summed E-state index contributed by atoms with van der Waals surface area (Å²) in [5.74, 6) is 1.82. The average molecular weight is 811 g/mol. The monoisotopic (exact) mass is 810 g/mol. The molecule has 294 valence electrons. The molecular weight excluding hydrogens is 768 g/mol. The number of aryl methyl sites for hydroxylation is 3. The summed E-state index contributed by atoms with van der Waals surface area (Å²) in [5, 5.41) is 5.67. The highest BCUT2D eigenvalue weighted by molar-refractivity contribution is 7.22. The molecule has 0 spiro atoms. The highest BCUT2D eigenvalue weighted by atomic mass is 28.3. The van der Waals surface area contributed by atoms with Gasteiger partial charge in [0.1, 0.15) is 11.5 Å². The quantitative estimate of drug-likeness (QED) is 0.156. The van der Waals surface area contributed by atoms with Crippen molar-refractivity contribution in [3.63, 3.8) is 0 Å². The summed E-state index contributed by atoms with van der Waals surface area (Å²) in [6, 6.07) is 76.6. The van der Waals surface area contributed by atoms with Crippen LogP contribution in [0.25, 0.3) is 11.1 Å². The summed E-state index contributed by atoms with van der Waals surface area (Å²) in [5.41, 5.74) is 16.9. The van der Waals surface area contributed by atoms with Crippen LogP contribution >= 0.6 is 0 Å². The molecular formula is C57H43BN2OSi. The third-order valence-corrected chi connectivity index (χ3v) is 18.3. The molecule has 3 aliphatic rings. The van der Waals surface area contributed by atoms with Crippen LogP contribution < -0.4 is 51.7 Å². The molecule has 0 fully saturated rings. The fourth-order valence-electron chi connectivity index (χ4n) is 10.9. The standard InChI is InChI=1S/C57H43BN2OSi/c1-38-33-51-56-53(34-38)61-52-32-31-43(59(41-21-8-4-9-22-41)42-23-10-5-11-24-42)35-49(52)58(56)48-37-55-47(36-50(48)60(51)57-39(2)19-18-20-40(57)3)46-29-16-17-30-54(46)62(55,44-25-12-6-13-26-44)45-27-14-7-15-28-45/h4-37H,1-3H3. The average Bonchev–Trinajstić information content (AvgIpc) is 3.60. The van der Waals surface area contributed by atoms with Gasteiger partial charge in [0.15, 0.2) is 8.07 Å². The number of ether oxygens (including phenoxy) is 1. The number of anilines is 6. The van der Waals surface area contributed by atoms with Crippen molar-refractivity contribution in [1.82, 2.24) is 0 Å². The number of hydrogen-bond donors (Lipinski definition) is 0. The lowest BCUT2D eigenvalue weighted by Gasteiger charge is -2.42. The molecule has 9 aromatic rings. The Kier molecular flexibility index (Phi) is 8.31. The van der Waals surface area contributed by atoms with E-state index in [1.54, 1.807) is 0 Å². The number of fused-ring (bicyclic) bond motifs is 7. The van der Waals surface area contributed by atoms with Gasteiger partial charge in [0.05, 0.1) is 5.69 Å². The molecule has 5 heteroatoms. The molecule has 3 nitrogen and oxygen atoms in total. The fourth-order valence-corrected chi connectivity index (χ4v) is 16.1. The van der Waals surface area contributed by atoms with Crippen LogP contribution in [-0.4, -0.2) is 14.8 Å². The number of rotatable bonds is 6. The molecule has 0 aliphatic carbocycles. The van der Waals surface area contributed by atoms with Gasteiger partial charge in [-0.1, -0.05) is 146 Å². The zero-order chi connectivity index (χ0) is 41.5. The Morgan fingerprint density at radius 1 is 0.452 bits per heavy atom. The first-order valence-electron chi connectivity index (χ1n) is 21.6. The van der Waals surface area contributed by atoms with Crippen LogP contribution in [0.2, 0.25) is 0 Å². The van der Waals surface area contributed by atoms with Gasteiger partial charge < -0.3 is 14.5 Å². The van der Waals surface area contributed by atoms with E-state index in [2.05, 4.69) is 237 Å². The molecule has 0 saturated heterocycles. The first-order chi connectivity index (χ1) is 30.5. The minimum Gasteiger partial charge on any atom is -0.458 e. The molecule has 3 aliphatic heterocycles. The summed E-state index contributed by atoms with van der Waals surface area (Å²) in [4.78, 5) is 4.93. The number of nitrogens with zero attached hydrogens (tertiary/aromatic N) is 2. The Morgan fingerprint density at radius 2 is 1.05 bits per heavy atom. The number of para-hydroxylation sites is 3. The van der Waals surface area contributed by atoms with Gasteiger partial charge in [-0.05, 0) is 146 Å². The predicted octanol–water partition coefficient (Wildman–Crippen LogP) is 9.84. The zero-order valence-corrected chi connectivity index (χ0v) is 36.0. The van der Waals surface area contributed by atoms with Crippen molar-refractivity contribution < 1.29 is 4.74 Å². The molecule has 0 amide bonds. The highest BCUT2D eigenvalue weighted by Gasteiger charge is 2.51. The van der Waals surface area contributed by atoms with Crippen molar-refractivity contribution in [1.29, 1.82) is 0 Å². The lowest BCUT2D eigenvalue weighted by Crippen LogP contribution is -2.73. The van der Waals surface area contributed by atoms with E-state index < -0.39 is 8.07 Å². The summed E-state index contributed by atoms with van der Waals surface area (Å²) < 4.78 is 7.10. The lowest BCUT2D eigenvalue weighted by atomic mass is 9.34. The van der Waals surface area contributed by atoms with Crippen LogP contribution in [0.5, 0.6) is 11.5 Å². The van der Waals surface area contributed by atoms with E-state index in [1.807, 2.05) is 0 Å². The Labute approximate surface area is 365 Å². The fraction of sp³-hybridized carbons (Fsp3) is 0.0526. The van der Waals surface area contributed by atoms with E-state index in [4.69, 9.17) is 4.74 Å². The summed E-state index contributed by atoms with van der Waals surface area (Å²) in [6.45, 7) is 6.60. The van der Waals surface area contributed by atoms with E-state index in [1.165, 1.54) is 82.0 Å². The minimum absolute atomic E-state index is 0.0967. The Hall–Kier alpha value is -7.34. The first kappa shape index (κ1) is 36.5. The Morgan fingerprint density at radius 3 is 1.69 bits per heavy atom. The van der Waals surface area contributed by atoms with Crippen LogP contribution in [-0.2, 0) is 0 Å². The SMILES string of the molecule is Cc1cc2c3c(c1)N(c1c(C)cccc1C)c1cc4c(cc1B3c1cc(N(c3ccccc3)c3ccccc3)ccc1O2)[Si](c1ccccc1)(c1ccccc1)c1ccccc1-4. The Balaban J connectivity index is 1.20. The molecule has 0 radical (unpaired) electrons. The van der Waals surface area contributed by atoms with Gasteiger partial charge in [-0.25, -0.2) is 0 Å². The third-order valence-electron chi connectivity index (χ3n) is 13.4. The molecule has 0 aromatic heterocycles. The second kappa shape index (κ2) is 14.1. The van der Waals surface area contributed by atoms with Crippen molar-refractivity contribution >= 4 is 86.0 Å². The van der Waals surface area contributed by atoms with Gasteiger partial charge >= 0.3 is 0 Å². The second-order valence-corrected chi connectivity index (χ2v) is 20.8. The smallest absolute Gasteiger partial charge is 0.256 e. The molecule has 0 bridgehead atoms. The molecule has 0 N–H and O–H groups in total. The van der Waals surface area contributed by atoms with Gasteiger partial charge in [0.25, 0.3) is 6.71 Å². The topological polar surface area (TPSA) is 15.7 Å².